The molecule has 1 aromatic carbocycles. The molecule has 0 unspecified atom stereocenters. The van der Waals surface area contributed by atoms with Crippen molar-refractivity contribution in [1.29, 1.82) is 0 Å². The Morgan fingerprint density at radius 1 is 1.16 bits per heavy atom. The average Bonchev–Trinajstić information content (AvgIpc) is 3.02. The van der Waals surface area contributed by atoms with Gasteiger partial charge >= 0.3 is 0 Å². The number of benzene rings is 1. The van der Waals surface area contributed by atoms with E-state index < -0.39 is 0 Å². The minimum absolute atomic E-state index is 0.551. The zero-order valence-corrected chi connectivity index (χ0v) is 16.0. The van der Waals surface area contributed by atoms with Gasteiger partial charge in [0.15, 0.2) is 0 Å². The summed E-state index contributed by atoms with van der Waals surface area (Å²) in [7, 11) is 0. The van der Waals surface area contributed by atoms with Gasteiger partial charge in [0.1, 0.15) is 0 Å². The molecule has 136 valence electrons. The van der Waals surface area contributed by atoms with Crippen LogP contribution in [0.1, 0.15) is 62.9 Å². The van der Waals surface area contributed by atoms with Crippen LogP contribution in [0, 0.1) is 24.7 Å². The van der Waals surface area contributed by atoms with Gasteiger partial charge < -0.3 is 9.73 Å². The summed E-state index contributed by atoms with van der Waals surface area (Å²) in [5.41, 5.74) is 2.50. The molecule has 1 aliphatic carbocycles. The SMILES string of the molecule is Cc1ccccc1Cc1nnc(CN[C@@H]2C[C@@H](C)CC[C@@H]2C(C)C)o1. The van der Waals surface area contributed by atoms with Crippen LogP contribution in [0.25, 0.3) is 0 Å². The molecule has 2 aromatic rings. The summed E-state index contributed by atoms with van der Waals surface area (Å²) < 4.78 is 5.87. The number of aromatic nitrogens is 2. The topological polar surface area (TPSA) is 51.0 Å². The highest BCUT2D eigenvalue weighted by atomic mass is 16.4. The van der Waals surface area contributed by atoms with Crippen molar-refractivity contribution in [2.45, 2.75) is 66.0 Å². The Hall–Kier alpha value is -1.68. The van der Waals surface area contributed by atoms with E-state index >= 15 is 0 Å². The summed E-state index contributed by atoms with van der Waals surface area (Å²) in [6.07, 6.45) is 4.61. The third-order valence-electron chi connectivity index (χ3n) is 5.65. The second-order valence-electron chi connectivity index (χ2n) is 8.01. The maximum atomic E-state index is 5.87. The molecule has 0 bridgehead atoms. The molecule has 3 atom stereocenters. The maximum absolute atomic E-state index is 5.87. The van der Waals surface area contributed by atoms with Gasteiger partial charge in [0, 0.05) is 6.04 Å². The van der Waals surface area contributed by atoms with E-state index in [4.69, 9.17) is 4.42 Å². The lowest BCUT2D eigenvalue weighted by atomic mass is 9.74. The van der Waals surface area contributed by atoms with E-state index in [1.807, 2.05) is 0 Å². The molecule has 1 heterocycles. The van der Waals surface area contributed by atoms with E-state index in [1.54, 1.807) is 0 Å². The highest BCUT2D eigenvalue weighted by molar-refractivity contribution is 5.27. The third kappa shape index (κ3) is 4.69. The minimum atomic E-state index is 0.551. The van der Waals surface area contributed by atoms with Gasteiger partial charge in [-0.25, -0.2) is 0 Å². The molecule has 3 rings (SSSR count). The van der Waals surface area contributed by atoms with Crippen molar-refractivity contribution in [3.8, 4) is 0 Å². The molecule has 0 amide bonds. The molecule has 1 aromatic heterocycles. The summed E-state index contributed by atoms with van der Waals surface area (Å²) in [6, 6.07) is 8.89. The predicted octanol–water partition coefficient (Wildman–Crippen LogP) is 4.52. The predicted molar refractivity (Wildman–Crippen MR) is 100 cm³/mol. The molecule has 0 radical (unpaired) electrons. The highest BCUT2D eigenvalue weighted by Gasteiger charge is 2.30. The molecule has 25 heavy (non-hydrogen) atoms. The summed E-state index contributed by atoms with van der Waals surface area (Å²) in [6.45, 7) is 9.81. The number of nitrogens with one attached hydrogen (secondary N) is 1. The van der Waals surface area contributed by atoms with Crippen molar-refractivity contribution >= 4 is 0 Å². The fourth-order valence-electron chi connectivity index (χ4n) is 4.06. The van der Waals surface area contributed by atoms with Crippen molar-refractivity contribution < 1.29 is 4.42 Å². The van der Waals surface area contributed by atoms with Gasteiger partial charge in [0.2, 0.25) is 11.8 Å². The van der Waals surface area contributed by atoms with Crippen LogP contribution in [0.3, 0.4) is 0 Å². The Labute approximate surface area is 151 Å². The van der Waals surface area contributed by atoms with Crippen molar-refractivity contribution in [2.24, 2.45) is 17.8 Å². The Balaban J connectivity index is 1.58. The van der Waals surface area contributed by atoms with Crippen LogP contribution in [0.5, 0.6) is 0 Å². The smallest absolute Gasteiger partial charge is 0.230 e. The van der Waals surface area contributed by atoms with Gasteiger partial charge in [-0.3, -0.25) is 0 Å². The van der Waals surface area contributed by atoms with E-state index in [-0.39, 0.29) is 0 Å². The van der Waals surface area contributed by atoms with Crippen LogP contribution in [0.15, 0.2) is 28.7 Å². The molecule has 1 saturated carbocycles. The van der Waals surface area contributed by atoms with Gasteiger partial charge in [-0.05, 0) is 48.6 Å². The van der Waals surface area contributed by atoms with E-state index in [0.717, 1.165) is 11.8 Å². The van der Waals surface area contributed by atoms with Crippen LogP contribution in [0.4, 0.5) is 0 Å². The van der Waals surface area contributed by atoms with E-state index in [0.29, 0.717) is 36.7 Å². The van der Waals surface area contributed by atoms with Crippen LogP contribution < -0.4 is 5.32 Å². The molecule has 1 fully saturated rings. The molecular weight excluding hydrogens is 310 g/mol. The largest absolute Gasteiger partial charge is 0.424 e. The first-order valence-electron chi connectivity index (χ1n) is 9.62. The quantitative estimate of drug-likeness (QED) is 0.839. The number of hydrogen-bond donors (Lipinski definition) is 1. The zero-order chi connectivity index (χ0) is 17.8. The van der Waals surface area contributed by atoms with Crippen molar-refractivity contribution in [3.05, 3.63) is 47.2 Å². The monoisotopic (exact) mass is 341 g/mol. The Morgan fingerprint density at radius 3 is 2.68 bits per heavy atom. The van der Waals surface area contributed by atoms with E-state index in [9.17, 15) is 0 Å². The molecule has 0 saturated heterocycles. The van der Waals surface area contributed by atoms with Gasteiger partial charge in [-0.1, -0.05) is 51.5 Å². The van der Waals surface area contributed by atoms with Crippen LogP contribution in [-0.2, 0) is 13.0 Å². The summed E-state index contributed by atoms with van der Waals surface area (Å²) >= 11 is 0. The fourth-order valence-corrected chi connectivity index (χ4v) is 4.06. The van der Waals surface area contributed by atoms with Crippen molar-refractivity contribution in [3.63, 3.8) is 0 Å². The standard InChI is InChI=1S/C21H31N3O/c1-14(2)18-10-9-15(3)11-19(18)22-13-21-24-23-20(25-21)12-17-8-6-5-7-16(17)4/h5-8,14-15,18-19,22H,9-13H2,1-4H3/t15-,18+,19+/m0/s1. The van der Waals surface area contributed by atoms with Gasteiger partial charge in [-0.2, -0.15) is 0 Å². The lowest BCUT2D eigenvalue weighted by Crippen LogP contribution is -2.42. The van der Waals surface area contributed by atoms with E-state index in [1.165, 1.54) is 30.4 Å². The normalized spacial score (nSPS) is 24.0. The number of rotatable bonds is 6. The van der Waals surface area contributed by atoms with Crippen molar-refractivity contribution in [2.75, 3.05) is 0 Å². The Morgan fingerprint density at radius 2 is 1.92 bits per heavy atom. The van der Waals surface area contributed by atoms with Crippen molar-refractivity contribution in [1.82, 2.24) is 15.5 Å². The highest BCUT2D eigenvalue weighted by Crippen LogP contribution is 2.33. The van der Waals surface area contributed by atoms with E-state index in [2.05, 4.69) is 67.5 Å². The van der Waals surface area contributed by atoms with Crippen LogP contribution in [-0.4, -0.2) is 16.2 Å². The molecule has 4 heteroatoms. The molecule has 0 spiro atoms. The summed E-state index contributed by atoms with van der Waals surface area (Å²) in [5, 5.41) is 12.2. The molecular formula is C21H31N3O. The minimum Gasteiger partial charge on any atom is -0.424 e. The molecule has 4 nitrogen and oxygen atoms in total. The second-order valence-corrected chi connectivity index (χ2v) is 8.01. The molecule has 1 N–H and O–H groups in total. The second kappa shape index (κ2) is 8.13. The lowest BCUT2D eigenvalue weighted by Gasteiger charge is -2.37. The summed E-state index contributed by atoms with van der Waals surface area (Å²) in [5.74, 6) is 3.65. The number of nitrogens with zero attached hydrogens (tertiary/aromatic N) is 2. The maximum Gasteiger partial charge on any atom is 0.230 e. The first kappa shape index (κ1) is 18.1. The fraction of sp³-hybridized carbons (Fsp3) is 0.619. The first-order valence-corrected chi connectivity index (χ1v) is 9.62. The molecule has 0 aliphatic heterocycles. The lowest BCUT2D eigenvalue weighted by molar-refractivity contribution is 0.166. The number of hydrogen-bond acceptors (Lipinski definition) is 4. The van der Waals surface area contributed by atoms with Gasteiger partial charge in [0.25, 0.3) is 0 Å². The third-order valence-corrected chi connectivity index (χ3v) is 5.65. The van der Waals surface area contributed by atoms with Gasteiger partial charge in [-0.15, -0.1) is 10.2 Å². The molecule has 1 aliphatic rings. The Bertz CT molecular complexity index is 679. The Kier molecular flexibility index (Phi) is 5.89. The number of aryl methyl sites for hydroxylation is 1. The summed E-state index contributed by atoms with van der Waals surface area (Å²) in [4.78, 5) is 0. The van der Waals surface area contributed by atoms with Gasteiger partial charge in [0.05, 0.1) is 13.0 Å². The average molecular weight is 341 g/mol. The van der Waals surface area contributed by atoms with Crippen LogP contribution in [0.2, 0.25) is 0 Å². The van der Waals surface area contributed by atoms with Crippen LogP contribution >= 0.6 is 0 Å². The zero-order valence-electron chi connectivity index (χ0n) is 16.0. The first-order chi connectivity index (χ1) is 12.0.